The summed E-state index contributed by atoms with van der Waals surface area (Å²) in [7, 11) is -2.30. The molecular formula is C29H34O17S. The summed E-state index contributed by atoms with van der Waals surface area (Å²) in [5.74, 6) is -4.12. The van der Waals surface area contributed by atoms with Crippen LogP contribution in [0, 0.1) is 0 Å². The highest BCUT2D eigenvalue weighted by Crippen LogP contribution is 2.37. The Hall–Kier alpha value is -4.81. The molecule has 5 atom stereocenters. The molecule has 0 aliphatic carbocycles. The van der Waals surface area contributed by atoms with Crippen molar-refractivity contribution >= 4 is 34.3 Å². The Labute approximate surface area is 269 Å². The first-order valence-corrected chi connectivity index (χ1v) is 15.1. The first-order chi connectivity index (χ1) is 22.2. The van der Waals surface area contributed by atoms with E-state index in [0.29, 0.717) is 0 Å². The van der Waals surface area contributed by atoms with Gasteiger partial charge in [0.15, 0.2) is 29.5 Å². The Morgan fingerprint density at radius 2 is 1.28 bits per heavy atom. The highest BCUT2D eigenvalue weighted by atomic mass is 32.3. The number of carbonyl (C=O) groups is 4. The number of rotatable bonds is 14. The SMILES string of the molecule is COc1cc(OS(=O)(=O)Oc2ccccc2OC2O[C@H](COC(C)=O)[C@H](OC(C)=O)[C@H](OC(C)=O)[C@H]2OC(C)=O)cc(OC)c1CO. The molecule has 2 aromatic carbocycles. The lowest BCUT2D eigenvalue weighted by molar-refractivity contribution is -0.288. The van der Waals surface area contributed by atoms with Crippen molar-refractivity contribution in [1.29, 1.82) is 0 Å². The molecule has 0 spiro atoms. The summed E-state index contributed by atoms with van der Waals surface area (Å²) in [6.45, 7) is 3.30. The van der Waals surface area contributed by atoms with Crippen LogP contribution in [0.4, 0.5) is 0 Å². The largest absolute Gasteiger partial charge is 0.501 e. The minimum Gasteiger partial charge on any atom is -0.496 e. The Bertz CT molecular complexity index is 1530. The number of aliphatic hydroxyl groups excluding tert-OH is 1. The molecular weight excluding hydrogens is 652 g/mol. The van der Waals surface area contributed by atoms with Crippen molar-refractivity contribution < 1.29 is 79.0 Å². The third-order valence-electron chi connectivity index (χ3n) is 6.17. The summed E-state index contributed by atoms with van der Waals surface area (Å²) >= 11 is 0. The van der Waals surface area contributed by atoms with Crippen molar-refractivity contribution in [3.63, 3.8) is 0 Å². The molecule has 1 fully saturated rings. The average Bonchev–Trinajstić information content (AvgIpc) is 2.98. The van der Waals surface area contributed by atoms with Gasteiger partial charge in [0.1, 0.15) is 24.2 Å². The molecule has 1 saturated heterocycles. The maximum atomic E-state index is 13.0. The van der Waals surface area contributed by atoms with Crippen LogP contribution in [0.25, 0.3) is 0 Å². The Morgan fingerprint density at radius 1 is 0.745 bits per heavy atom. The molecule has 1 N–H and O–H groups in total. The molecule has 1 heterocycles. The van der Waals surface area contributed by atoms with Crippen molar-refractivity contribution in [2.24, 2.45) is 0 Å². The van der Waals surface area contributed by atoms with Gasteiger partial charge in [-0.3, -0.25) is 19.2 Å². The second kappa shape index (κ2) is 16.1. The van der Waals surface area contributed by atoms with Crippen LogP contribution in [-0.2, 0) is 59.9 Å². The maximum Gasteiger partial charge on any atom is 0.501 e. The predicted molar refractivity (Wildman–Crippen MR) is 155 cm³/mol. The summed E-state index contributed by atoms with van der Waals surface area (Å²) in [4.78, 5) is 47.8. The van der Waals surface area contributed by atoms with Crippen LogP contribution < -0.4 is 22.6 Å². The molecule has 0 radical (unpaired) electrons. The van der Waals surface area contributed by atoms with Crippen molar-refractivity contribution in [2.45, 2.75) is 65.0 Å². The monoisotopic (exact) mass is 686 g/mol. The molecule has 0 saturated carbocycles. The number of methoxy groups -OCH3 is 2. The summed E-state index contributed by atoms with van der Waals surface area (Å²) in [6, 6.07) is 7.72. The lowest BCUT2D eigenvalue weighted by atomic mass is 9.98. The fourth-order valence-corrected chi connectivity index (χ4v) is 5.16. The van der Waals surface area contributed by atoms with Crippen LogP contribution in [0.1, 0.15) is 33.3 Å². The zero-order valence-corrected chi connectivity index (χ0v) is 27.0. The second-order valence-corrected chi connectivity index (χ2v) is 10.8. The molecule has 17 nitrogen and oxygen atoms in total. The van der Waals surface area contributed by atoms with Gasteiger partial charge in [-0.05, 0) is 12.1 Å². The van der Waals surface area contributed by atoms with Crippen LogP contribution in [0.3, 0.4) is 0 Å². The third kappa shape index (κ3) is 10.1. The molecule has 1 unspecified atom stereocenters. The average molecular weight is 687 g/mol. The van der Waals surface area contributed by atoms with E-state index in [0.717, 1.165) is 27.7 Å². The van der Waals surface area contributed by atoms with E-state index < -0.39 is 83.9 Å². The maximum absolute atomic E-state index is 13.0. The third-order valence-corrected chi connectivity index (χ3v) is 6.95. The molecule has 1 aliphatic rings. The van der Waals surface area contributed by atoms with E-state index in [9.17, 15) is 32.7 Å². The minimum atomic E-state index is -4.90. The smallest absolute Gasteiger partial charge is 0.496 e. The van der Waals surface area contributed by atoms with Gasteiger partial charge in [-0.15, -0.1) is 8.42 Å². The first kappa shape index (κ1) is 36.7. The molecule has 18 heteroatoms. The lowest BCUT2D eigenvalue weighted by Gasteiger charge is -2.43. The second-order valence-electron chi connectivity index (χ2n) is 9.67. The van der Waals surface area contributed by atoms with Gasteiger partial charge in [-0.1, -0.05) is 12.1 Å². The van der Waals surface area contributed by atoms with Crippen LogP contribution >= 0.6 is 0 Å². The number of hydrogen-bond donors (Lipinski definition) is 1. The van der Waals surface area contributed by atoms with Gasteiger partial charge in [0.25, 0.3) is 0 Å². The molecule has 1 aliphatic heterocycles. The highest BCUT2D eigenvalue weighted by Gasteiger charge is 2.53. The number of benzene rings is 2. The standard InChI is InChI=1S/C29H34O17S/c1-15(31)39-14-25-26(40-16(2)32)27(41-17(3)33)28(42-18(4)34)29(44-25)43-21-9-7-8-10-22(21)46-47(35,36)45-19-11-23(37-5)20(13-30)24(12-19)38-6/h7-12,25-30H,13-14H2,1-6H3/t25-,26+,27+,28-,29?/m1/s1. The van der Waals surface area contributed by atoms with Crippen molar-refractivity contribution in [3.8, 4) is 28.7 Å². The van der Waals surface area contributed by atoms with Crippen LogP contribution in [0.5, 0.6) is 28.7 Å². The van der Waals surface area contributed by atoms with E-state index >= 15 is 0 Å². The molecule has 258 valence electrons. The lowest BCUT2D eigenvalue weighted by Crippen LogP contribution is -2.63. The minimum absolute atomic E-state index is 0.0736. The van der Waals surface area contributed by atoms with Crippen LogP contribution in [0.15, 0.2) is 36.4 Å². The normalized spacial score (nSPS) is 20.6. The van der Waals surface area contributed by atoms with Crippen LogP contribution in [-0.4, -0.2) is 88.9 Å². The van der Waals surface area contributed by atoms with Gasteiger partial charge in [0, 0.05) is 39.8 Å². The Kier molecular flexibility index (Phi) is 12.6. The quantitative estimate of drug-likeness (QED) is 0.219. The van der Waals surface area contributed by atoms with Gasteiger partial charge >= 0.3 is 34.3 Å². The van der Waals surface area contributed by atoms with Crippen LogP contribution in [0.2, 0.25) is 0 Å². The molecule has 0 bridgehead atoms. The van der Waals surface area contributed by atoms with Gasteiger partial charge in [0.05, 0.1) is 26.4 Å². The molecule has 0 amide bonds. The zero-order valence-electron chi connectivity index (χ0n) is 26.2. The number of hydrogen-bond acceptors (Lipinski definition) is 17. The molecule has 47 heavy (non-hydrogen) atoms. The van der Waals surface area contributed by atoms with E-state index in [1.54, 1.807) is 0 Å². The molecule has 2 aromatic rings. The van der Waals surface area contributed by atoms with Crippen molar-refractivity contribution in [2.75, 3.05) is 20.8 Å². The van der Waals surface area contributed by atoms with E-state index in [4.69, 9.17) is 46.3 Å². The fraction of sp³-hybridized carbons (Fsp3) is 0.448. The van der Waals surface area contributed by atoms with Crippen molar-refractivity contribution in [3.05, 3.63) is 42.0 Å². The van der Waals surface area contributed by atoms with E-state index in [1.165, 1.54) is 50.6 Å². The summed E-state index contributed by atoms with van der Waals surface area (Å²) in [6.07, 6.45) is -7.57. The Balaban J connectivity index is 1.98. The van der Waals surface area contributed by atoms with E-state index in [-0.39, 0.29) is 28.6 Å². The van der Waals surface area contributed by atoms with Gasteiger partial charge < -0.3 is 51.4 Å². The summed E-state index contributed by atoms with van der Waals surface area (Å²) in [5, 5.41) is 9.63. The topological polar surface area (TPSA) is 215 Å². The number of carbonyl (C=O) groups excluding carboxylic acids is 4. The molecule has 0 aromatic heterocycles. The highest BCUT2D eigenvalue weighted by molar-refractivity contribution is 7.82. The van der Waals surface area contributed by atoms with Gasteiger partial charge in [-0.2, -0.15) is 0 Å². The van der Waals surface area contributed by atoms with E-state index in [1.807, 2.05) is 0 Å². The fourth-order valence-electron chi connectivity index (χ4n) is 4.43. The van der Waals surface area contributed by atoms with Gasteiger partial charge in [0.2, 0.25) is 12.4 Å². The molecule has 3 rings (SSSR count). The number of aliphatic hydroxyl groups is 1. The zero-order chi connectivity index (χ0) is 34.9. The van der Waals surface area contributed by atoms with Crippen molar-refractivity contribution in [1.82, 2.24) is 0 Å². The number of esters is 4. The van der Waals surface area contributed by atoms with E-state index in [2.05, 4.69) is 0 Å². The first-order valence-electron chi connectivity index (χ1n) is 13.7. The number of ether oxygens (including phenoxy) is 8. The summed E-state index contributed by atoms with van der Waals surface area (Å²) < 4.78 is 79.6. The van der Waals surface area contributed by atoms with Gasteiger partial charge in [-0.25, -0.2) is 0 Å². The number of para-hydroxylation sites is 2. The summed E-state index contributed by atoms with van der Waals surface area (Å²) in [5.41, 5.74) is 0.240. The Morgan fingerprint density at radius 3 is 1.79 bits per heavy atom. The predicted octanol–water partition coefficient (Wildman–Crippen LogP) is 1.36.